The summed E-state index contributed by atoms with van der Waals surface area (Å²) in [6, 6.07) is 10.1. The predicted octanol–water partition coefficient (Wildman–Crippen LogP) is 4.74. The number of anilines is 1. The first-order chi connectivity index (χ1) is 15.2. The van der Waals surface area contributed by atoms with Crippen molar-refractivity contribution in [3.63, 3.8) is 0 Å². The number of aromatic hydroxyl groups is 1. The van der Waals surface area contributed by atoms with E-state index in [1.54, 1.807) is 0 Å². The highest BCUT2D eigenvalue weighted by Gasteiger charge is 2.47. The maximum atomic E-state index is 14.6. The third kappa shape index (κ3) is 3.49. The van der Waals surface area contributed by atoms with Crippen LogP contribution in [0.15, 0.2) is 66.2 Å². The number of phenolic OH excluding ortho intramolecular Hbond substituents is 1. The molecule has 5 nitrogen and oxygen atoms in total. The minimum atomic E-state index is -1.32. The van der Waals surface area contributed by atoms with Crippen LogP contribution in [0.3, 0.4) is 0 Å². The lowest BCUT2D eigenvalue weighted by atomic mass is 9.94. The van der Waals surface area contributed by atoms with Crippen LogP contribution in [0.4, 0.5) is 18.9 Å². The number of rotatable bonds is 3. The summed E-state index contributed by atoms with van der Waals surface area (Å²) in [6.07, 6.45) is 0. The molecule has 0 aliphatic carbocycles. The average Bonchev–Trinajstić information content (AvgIpc) is 3.02. The fourth-order valence-corrected chi connectivity index (χ4v) is 3.67. The smallest absolute Gasteiger partial charge is 0.300 e. The van der Waals surface area contributed by atoms with Crippen LogP contribution in [0.1, 0.15) is 22.7 Å². The molecule has 1 aliphatic heterocycles. The molecule has 4 rings (SSSR count). The summed E-state index contributed by atoms with van der Waals surface area (Å²) in [4.78, 5) is 26.6. The maximum Gasteiger partial charge on any atom is 0.300 e. The molecule has 0 spiro atoms. The number of nitrogens with zero attached hydrogens (tertiary/aromatic N) is 1. The minimum Gasteiger partial charge on any atom is -0.508 e. The standard InChI is InChI=1S/C24H16F3NO4/c1-12-10-14(4-8-17(12)26)22(30)20-21(13-2-6-16(29)7-3-13)28(24(32)23(20)31)19-11-15(25)5-9-18(19)27/h2-11,21,29-30H,1H3/b22-20+. The first-order valence-corrected chi connectivity index (χ1v) is 9.50. The summed E-state index contributed by atoms with van der Waals surface area (Å²) in [5, 5.41) is 20.6. The maximum absolute atomic E-state index is 14.6. The van der Waals surface area contributed by atoms with Crippen molar-refractivity contribution < 1.29 is 33.0 Å². The Bertz CT molecular complexity index is 1280. The topological polar surface area (TPSA) is 77.8 Å². The highest BCUT2D eigenvalue weighted by Crippen LogP contribution is 2.43. The van der Waals surface area contributed by atoms with Crippen molar-refractivity contribution in [2.75, 3.05) is 4.90 Å². The molecule has 1 amide bonds. The van der Waals surface area contributed by atoms with Gasteiger partial charge in [0, 0.05) is 11.6 Å². The molecule has 3 aromatic rings. The van der Waals surface area contributed by atoms with E-state index >= 15 is 0 Å². The lowest BCUT2D eigenvalue weighted by molar-refractivity contribution is -0.132. The van der Waals surface area contributed by atoms with Crippen molar-refractivity contribution in [3.8, 4) is 5.75 Å². The zero-order valence-corrected chi connectivity index (χ0v) is 16.6. The van der Waals surface area contributed by atoms with E-state index in [-0.39, 0.29) is 28.0 Å². The average molecular weight is 439 g/mol. The number of hydrogen-bond acceptors (Lipinski definition) is 4. The van der Waals surface area contributed by atoms with E-state index < -0.39 is 46.6 Å². The molecule has 1 heterocycles. The summed E-state index contributed by atoms with van der Waals surface area (Å²) in [6.45, 7) is 1.46. The highest BCUT2D eigenvalue weighted by atomic mass is 19.1. The second-order valence-corrected chi connectivity index (χ2v) is 7.32. The second kappa shape index (κ2) is 7.88. The van der Waals surface area contributed by atoms with E-state index in [4.69, 9.17) is 0 Å². The number of halogens is 3. The van der Waals surface area contributed by atoms with Crippen molar-refractivity contribution in [2.45, 2.75) is 13.0 Å². The van der Waals surface area contributed by atoms with Gasteiger partial charge >= 0.3 is 0 Å². The van der Waals surface area contributed by atoms with E-state index in [0.717, 1.165) is 29.2 Å². The molecule has 1 aliphatic rings. The number of benzene rings is 3. The summed E-state index contributed by atoms with van der Waals surface area (Å²) < 4.78 is 42.2. The number of aliphatic hydroxyl groups is 1. The monoisotopic (exact) mass is 439 g/mol. The van der Waals surface area contributed by atoms with Crippen LogP contribution < -0.4 is 4.90 Å². The lowest BCUT2D eigenvalue weighted by Gasteiger charge is -2.26. The SMILES string of the molecule is Cc1cc(/C(O)=C2\C(=O)C(=O)N(c3cc(F)ccc3F)C2c2ccc(O)cc2)ccc1F. The Morgan fingerprint density at radius 1 is 0.906 bits per heavy atom. The molecule has 32 heavy (non-hydrogen) atoms. The Kier molecular flexibility index (Phi) is 5.22. The fraction of sp³-hybridized carbons (Fsp3) is 0.0833. The van der Waals surface area contributed by atoms with Crippen LogP contribution in [-0.2, 0) is 9.59 Å². The molecule has 0 radical (unpaired) electrons. The number of carbonyl (C=O) groups is 2. The van der Waals surface area contributed by atoms with Gasteiger partial charge in [0.1, 0.15) is 29.0 Å². The normalized spacial score (nSPS) is 17.8. The predicted molar refractivity (Wildman–Crippen MR) is 110 cm³/mol. The third-order valence-corrected chi connectivity index (χ3v) is 5.25. The van der Waals surface area contributed by atoms with Crippen LogP contribution in [0.2, 0.25) is 0 Å². The molecule has 162 valence electrons. The Morgan fingerprint density at radius 2 is 1.56 bits per heavy atom. The largest absolute Gasteiger partial charge is 0.508 e. The van der Waals surface area contributed by atoms with E-state index in [1.165, 1.54) is 43.3 Å². The van der Waals surface area contributed by atoms with E-state index in [0.29, 0.717) is 0 Å². The Morgan fingerprint density at radius 3 is 2.22 bits per heavy atom. The van der Waals surface area contributed by atoms with Crippen molar-refractivity contribution in [2.24, 2.45) is 0 Å². The van der Waals surface area contributed by atoms with Gasteiger partial charge in [-0.1, -0.05) is 12.1 Å². The molecule has 1 fully saturated rings. The number of phenols is 1. The van der Waals surface area contributed by atoms with Crippen LogP contribution in [-0.4, -0.2) is 21.9 Å². The molecular weight excluding hydrogens is 423 g/mol. The van der Waals surface area contributed by atoms with Gasteiger partial charge in [0.15, 0.2) is 0 Å². The summed E-state index contributed by atoms with van der Waals surface area (Å²) in [5.41, 5.74) is -0.341. The molecule has 1 saturated heterocycles. The zero-order chi connectivity index (χ0) is 23.2. The zero-order valence-electron chi connectivity index (χ0n) is 16.6. The number of ketones is 1. The van der Waals surface area contributed by atoms with Gasteiger partial charge < -0.3 is 10.2 Å². The van der Waals surface area contributed by atoms with Gasteiger partial charge in [-0.3, -0.25) is 14.5 Å². The number of Topliss-reactive ketones (excluding diaryl/α,β-unsaturated/α-hetero) is 1. The number of aryl methyl sites for hydroxylation is 1. The Hall–Kier alpha value is -4.07. The van der Waals surface area contributed by atoms with Gasteiger partial charge in [-0.25, -0.2) is 13.2 Å². The number of amides is 1. The van der Waals surface area contributed by atoms with Gasteiger partial charge in [0.2, 0.25) is 0 Å². The molecule has 1 unspecified atom stereocenters. The quantitative estimate of drug-likeness (QED) is 0.351. The molecule has 3 aromatic carbocycles. The van der Waals surface area contributed by atoms with Crippen molar-refractivity contribution in [1.82, 2.24) is 0 Å². The first kappa shape index (κ1) is 21.2. The fourth-order valence-electron chi connectivity index (χ4n) is 3.67. The molecule has 1 atom stereocenters. The van der Waals surface area contributed by atoms with Crippen LogP contribution >= 0.6 is 0 Å². The Labute approximate surface area is 180 Å². The number of carbonyl (C=O) groups excluding carboxylic acids is 2. The Balaban J connectivity index is 1.99. The van der Waals surface area contributed by atoms with Gasteiger partial charge in [-0.2, -0.15) is 0 Å². The van der Waals surface area contributed by atoms with Gasteiger partial charge in [-0.05, 0) is 60.5 Å². The van der Waals surface area contributed by atoms with E-state index in [1.807, 2.05) is 0 Å². The van der Waals surface area contributed by atoms with Gasteiger partial charge in [0.25, 0.3) is 11.7 Å². The van der Waals surface area contributed by atoms with Crippen molar-refractivity contribution in [3.05, 3.63) is 100 Å². The molecular formula is C24H16F3NO4. The second-order valence-electron chi connectivity index (χ2n) is 7.32. The van der Waals surface area contributed by atoms with Crippen molar-refractivity contribution in [1.29, 1.82) is 0 Å². The molecule has 2 N–H and O–H groups in total. The van der Waals surface area contributed by atoms with Gasteiger partial charge in [0.05, 0.1) is 17.3 Å². The van der Waals surface area contributed by atoms with Gasteiger partial charge in [-0.15, -0.1) is 0 Å². The molecule has 0 saturated carbocycles. The van der Waals surface area contributed by atoms with Crippen LogP contribution in [0.5, 0.6) is 5.75 Å². The minimum absolute atomic E-state index is 0.0744. The highest BCUT2D eigenvalue weighted by molar-refractivity contribution is 6.51. The van der Waals surface area contributed by atoms with E-state index in [9.17, 15) is 33.0 Å². The molecule has 0 bridgehead atoms. The number of hydrogen-bond donors (Lipinski definition) is 2. The first-order valence-electron chi connectivity index (χ1n) is 9.50. The summed E-state index contributed by atoms with van der Waals surface area (Å²) >= 11 is 0. The third-order valence-electron chi connectivity index (χ3n) is 5.25. The van der Waals surface area contributed by atoms with Crippen LogP contribution in [0, 0.1) is 24.4 Å². The summed E-state index contributed by atoms with van der Waals surface area (Å²) in [5.74, 6) is -5.30. The molecule has 0 aromatic heterocycles. The van der Waals surface area contributed by atoms with Crippen LogP contribution in [0.25, 0.3) is 5.76 Å². The van der Waals surface area contributed by atoms with E-state index in [2.05, 4.69) is 0 Å². The molecule has 8 heteroatoms. The summed E-state index contributed by atoms with van der Waals surface area (Å²) in [7, 11) is 0. The number of aliphatic hydroxyl groups excluding tert-OH is 1. The lowest BCUT2D eigenvalue weighted by Crippen LogP contribution is -2.30. The van der Waals surface area contributed by atoms with Crippen molar-refractivity contribution >= 4 is 23.1 Å².